The number of carbonyl (C=O) groups is 1. The van der Waals surface area contributed by atoms with Gasteiger partial charge in [-0.15, -0.1) is 0 Å². The Bertz CT molecular complexity index is 1150. The quantitative estimate of drug-likeness (QED) is 0.342. The third-order valence-corrected chi connectivity index (χ3v) is 4.60. The summed E-state index contributed by atoms with van der Waals surface area (Å²) in [6.07, 6.45) is -0.708. The molecule has 4 aromatic rings. The van der Waals surface area contributed by atoms with Gasteiger partial charge < -0.3 is 19.5 Å². The van der Waals surface area contributed by atoms with Crippen molar-refractivity contribution in [2.24, 2.45) is 0 Å². The summed E-state index contributed by atoms with van der Waals surface area (Å²) < 4.78 is 17.5. The van der Waals surface area contributed by atoms with Gasteiger partial charge in [0.15, 0.2) is 11.9 Å². The second-order valence-corrected chi connectivity index (χ2v) is 7.05. The van der Waals surface area contributed by atoms with Crippen molar-refractivity contribution in [3.63, 3.8) is 0 Å². The van der Waals surface area contributed by atoms with Crippen LogP contribution in [0.1, 0.15) is 6.92 Å². The zero-order valence-electron chi connectivity index (χ0n) is 17.6. The maximum atomic E-state index is 12.7. The zero-order valence-corrected chi connectivity index (χ0v) is 17.6. The zero-order chi connectivity index (χ0) is 22.2. The first kappa shape index (κ1) is 21.0. The highest BCUT2D eigenvalue weighted by molar-refractivity contribution is 5.95. The topological polar surface area (TPSA) is 56.8 Å². The number of nitrogens with one attached hydrogen (secondary N) is 1. The molecule has 5 heteroatoms. The fourth-order valence-corrected chi connectivity index (χ4v) is 2.98. The van der Waals surface area contributed by atoms with Gasteiger partial charge >= 0.3 is 0 Å². The number of hydrogen-bond donors (Lipinski definition) is 1. The summed E-state index contributed by atoms with van der Waals surface area (Å²) in [4.78, 5) is 12.7. The Labute approximate surface area is 187 Å². The molecule has 0 fully saturated rings. The molecule has 1 unspecified atom stereocenters. The van der Waals surface area contributed by atoms with Crippen LogP contribution < -0.4 is 19.5 Å². The molecule has 160 valence electrons. The van der Waals surface area contributed by atoms with Gasteiger partial charge in [0.25, 0.3) is 5.91 Å². The van der Waals surface area contributed by atoms with Crippen LogP contribution in [-0.4, -0.2) is 12.0 Å². The molecule has 0 saturated carbocycles. The van der Waals surface area contributed by atoms with Crippen molar-refractivity contribution in [3.05, 3.63) is 109 Å². The SMILES string of the molecule is CC(Oc1ccc(Oc2ccccc2)cc1)C(=O)Nc1ccccc1Oc1ccccc1. The van der Waals surface area contributed by atoms with E-state index in [1.807, 2.05) is 72.8 Å². The molecule has 0 saturated heterocycles. The van der Waals surface area contributed by atoms with Crippen molar-refractivity contribution in [3.8, 4) is 28.7 Å². The molecular formula is C27H23NO4. The minimum atomic E-state index is -0.708. The molecule has 5 nitrogen and oxygen atoms in total. The maximum Gasteiger partial charge on any atom is 0.265 e. The fraction of sp³-hybridized carbons (Fsp3) is 0.0741. The Morgan fingerprint density at radius 2 is 1.12 bits per heavy atom. The number of hydrogen-bond acceptors (Lipinski definition) is 4. The smallest absolute Gasteiger partial charge is 0.265 e. The van der Waals surface area contributed by atoms with Crippen LogP contribution in [0.15, 0.2) is 109 Å². The molecule has 4 aromatic carbocycles. The van der Waals surface area contributed by atoms with Crippen LogP contribution in [0, 0.1) is 0 Å². The summed E-state index contributed by atoms with van der Waals surface area (Å²) in [5.41, 5.74) is 0.573. The van der Waals surface area contributed by atoms with Gasteiger partial charge in [-0.3, -0.25) is 4.79 Å². The number of amides is 1. The molecule has 0 spiro atoms. The number of benzene rings is 4. The van der Waals surface area contributed by atoms with E-state index in [1.54, 1.807) is 43.3 Å². The average molecular weight is 425 g/mol. The number of ether oxygens (including phenoxy) is 3. The molecule has 1 N–H and O–H groups in total. The van der Waals surface area contributed by atoms with Gasteiger partial charge in [0, 0.05) is 0 Å². The molecule has 0 bridgehead atoms. The van der Waals surface area contributed by atoms with E-state index in [0.29, 0.717) is 28.7 Å². The number of rotatable bonds is 8. The second kappa shape index (κ2) is 10.2. The normalized spacial score (nSPS) is 11.3. The van der Waals surface area contributed by atoms with E-state index in [1.165, 1.54) is 0 Å². The first-order chi connectivity index (χ1) is 15.7. The van der Waals surface area contributed by atoms with Crippen molar-refractivity contribution in [2.75, 3.05) is 5.32 Å². The first-order valence-electron chi connectivity index (χ1n) is 10.3. The summed E-state index contributed by atoms with van der Waals surface area (Å²) in [5.74, 6) is 2.98. The van der Waals surface area contributed by atoms with Gasteiger partial charge in [-0.05, 0) is 67.6 Å². The average Bonchev–Trinajstić information content (AvgIpc) is 2.83. The van der Waals surface area contributed by atoms with E-state index in [-0.39, 0.29) is 5.91 Å². The van der Waals surface area contributed by atoms with Crippen molar-refractivity contribution < 1.29 is 19.0 Å². The molecular weight excluding hydrogens is 402 g/mol. The number of anilines is 1. The number of carbonyl (C=O) groups excluding carboxylic acids is 1. The van der Waals surface area contributed by atoms with E-state index >= 15 is 0 Å². The van der Waals surface area contributed by atoms with Crippen LogP contribution in [0.5, 0.6) is 28.7 Å². The van der Waals surface area contributed by atoms with Gasteiger partial charge in [-0.25, -0.2) is 0 Å². The van der Waals surface area contributed by atoms with Crippen LogP contribution in [0.3, 0.4) is 0 Å². The minimum absolute atomic E-state index is 0.279. The molecule has 0 heterocycles. The van der Waals surface area contributed by atoms with Gasteiger partial charge in [-0.2, -0.15) is 0 Å². The van der Waals surface area contributed by atoms with E-state index in [0.717, 1.165) is 5.75 Å². The Kier molecular flexibility index (Phi) is 6.68. The highest BCUT2D eigenvalue weighted by Gasteiger charge is 2.17. The van der Waals surface area contributed by atoms with E-state index < -0.39 is 6.10 Å². The summed E-state index contributed by atoms with van der Waals surface area (Å²) >= 11 is 0. The fourth-order valence-electron chi connectivity index (χ4n) is 2.98. The summed E-state index contributed by atoms with van der Waals surface area (Å²) in [6, 6.07) is 33.4. The Morgan fingerprint density at radius 1 is 0.625 bits per heavy atom. The van der Waals surface area contributed by atoms with Crippen LogP contribution in [0.25, 0.3) is 0 Å². The monoisotopic (exact) mass is 425 g/mol. The molecule has 1 atom stereocenters. The van der Waals surface area contributed by atoms with Gasteiger partial charge in [0.2, 0.25) is 0 Å². The highest BCUT2D eigenvalue weighted by atomic mass is 16.5. The Hall–Kier alpha value is -4.25. The summed E-state index contributed by atoms with van der Waals surface area (Å²) in [5, 5.41) is 2.88. The Morgan fingerprint density at radius 3 is 1.78 bits per heavy atom. The van der Waals surface area contributed by atoms with Gasteiger partial charge in [-0.1, -0.05) is 48.5 Å². The number of para-hydroxylation sites is 4. The lowest BCUT2D eigenvalue weighted by molar-refractivity contribution is -0.122. The van der Waals surface area contributed by atoms with Crippen LogP contribution in [-0.2, 0) is 4.79 Å². The summed E-state index contributed by atoms with van der Waals surface area (Å²) in [6.45, 7) is 1.70. The molecule has 4 rings (SSSR count). The van der Waals surface area contributed by atoms with Crippen molar-refractivity contribution in [1.82, 2.24) is 0 Å². The second-order valence-electron chi connectivity index (χ2n) is 7.05. The third kappa shape index (κ3) is 5.67. The van der Waals surface area contributed by atoms with E-state index in [9.17, 15) is 4.79 Å². The van der Waals surface area contributed by atoms with Crippen LogP contribution in [0.4, 0.5) is 5.69 Å². The van der Waals surface area contributed by atoms with E-state index in [4.69, 9.17) is 14.2 Å². The predicted molar refractivity (Wildman–Crippen MR) is 125 cm³/mol. The molecule has 0 radical (unpaired) electrons. The first-order valence-corrected chi connectivity index (χ1v) is 10.3. The minimum Gasteiger partial charge on any atom is -0.481 e. The maximum absolute atomic E-state index is 12.7. The molecule has 0 aromatic heterocycles. The molecule has 0 aliphatic heterocycles. The van der Waals surface area contributed by atoms with Gasteiger partial charge in [0.05, 0.1) is 5.69 Å². The lowest BCUT2D eigenvalue weighted by Crippen LogP contribution is -2.30. The molecule has 0 aliphatic carbocycles. The highest BCUT2D eigenvalue weighted by Crippen LogP contribution is 2.29. The molecule has 0 aliphatic rings. The van der Waals surface area contributed by atoms with Crippen LogP contribution >= 0.6 is 0 Å². The standard InChI is InChI=1S/C27H23NO4/c1-20(30-23-16-18-24(19-17-23)31-21-10-4-2-5-11-21)27(29)28-25-14-8-9-15-26(25)32-22-12-6-3-7-13-22/h2-20H,1H3,(H,28,29). The Balaban J connectivity index is 1.36. The third-order valence-electron chi connectivity index (χ3n) is 4.60. The van der Waals surface area contributed by atoms with Crippen LogP contribution in [0.2, 0.25) is 0 Å². The van der Waals surface area contributed by atoms with E-state index in [2.05, 4.69) is 5.32 Å². The predicted octanol–water partition coefficient (Wildman–Crippen LogP) is 6.68. The van der Waals surface area contributed by atoms with Crippen molar-refractivity contribution >= 4 is 11.6 Å². The largest absolute Gasteiger partial charge is 0.481 e. The molecule has 1 amide bonds. The van der Waals surface area contributed by atoms with Gasteiger partial charge in [0.1, 0.15) is 23.0 Å². The lowest BCUT2D eigenvalue weighted by Gasteiger charge is -2.17. The van der Waals surface area contributed by atoms with Crippen molar-refractivity contribution in [1.29, 1.82) is 0 Å². The molecule has 32 heavy (non-hydrogen) atoms. The summed E-state index contributed by atoms with van der Waals surface area (Å²) in [7, 11) is 0. The lowest BCUT2D eigenvalue weighted by atomic mass is 10.2. The van der Waals surface area contributed by atoms with Crippen molar-refractivity contribution in [2.45, 2.75) is 13.0 Å².